The molecular weight excluding hydrogens is 770 g/mol. The van der Waals surface area contributed by atoms with Crippen LogP contribution in [0, 0.1) is 0 Å². The minimum Gasteiger partial charge on any atom is -0.466 e. The van der Waals surface area contributed by atoms with Gasteiger partial charge in [-0.1, -0.05) is 67.9 Å². The molecule has 6 N–H and O–H groups in total. The molecule has 5 aromatic rings. The summed E-state index contributed by atoms with van der Waals surface area (Å²) in [5.41, 5.74) is 5.18. The molecule has 2 aromatic heterocycles. The van der Waals surface area contributed by atoms with Crippen molar-refractivity contribution in [2.24, 2.45) is 0 Å². The van der Waals surface area contributed by atoms with E-state index >= 15 is 0 Å². The van der Waals surface area contributed by atoms with Crippen LogP contribution in [0.5, 0.6) is 0 Å². The van der Waals surface area contributed by atoms with Crippen molar-refractivity contribution in [1.82, 2.24) is 46.3 Å². The molecule has 0 saturated carbocycles. The molecule has 0 aliphatic heterocycles. The van der Waals surface area contributed by atoms with Gasteiger partial charge in [-0.25, -0.2) is 9.78 Å². The first-order valence-corrected chi connectivity index (χ1v) is 19.3. The quantitative estimate of drug-likeness (QED) is 0.0262. The zero-order valence-corrected chi connectivity index (χ0v) is 32.6. The molecule has 0 spiro atoms. The number of tetrazole rings is 1. The van der Waals surface area contributed by atoms with E-state index in [9.17, 15) is 14.4 Å². The highest BCUT2D eigenvalue weighted by molar-refractivity contribution is 6.06. The standard InChI is InChI=1S/C39H49N9O11/c1-2-3-15-34-40-32-14-10-13-31(36(32)46(34)26-27-16-18-28(19-17-27)29-11-4-5-12-30(29)37-42-44-45-43-37)38(50)41-33(39(51)57-23-7-9-25-59-48(54)55)20-21-35(49)56-22-6-8-24-58-47(52)53/h4-5,10-14,16-19,33,52-55H,2-3,6-9,15,20-26H2,1H3,(H,41,50)(H,42,43,44,45). The number of carbonyl (C=O) groups excluding carboxylic acids is 3. The third-order valence-electron chi connectivity index (χ3n) is 9.19. The monoisotopic (exact) mass is 819 g/mol. The third kappa shape index (κ3) is 13.4. The molecule has 316 valence electrons. The molecule has 20 nitrogen and oxygen atoms in total. The number of aromatic amines is 1. The number of imidazole rings is 1. The second kappa shape index (κ2) is 23.0. The van der Waals surface area contributed by atoms with Crippen molar-refractivity contribution >= 4 is 28.9 Å². The number of unbranched alkanes of at least 4 members (excludes halogenated alkanes) is 3. The first kappa shape index (κ1) is 44.4. The molecule has 0 fully saturated rings. The molecule has 5 rings (SSSR count). The van der Waals surface area contributed by atoms with E-state index in [4.69, 9.17) is 35.3 Å². The smallest absolute Gasteiger partial charge is 0.328 e. The van der Waals surface area contributed by atoms with Gasteiger partial charge < -0.3 is 19.4 Å². The van der Waals surface area contributed by atoms with Crippen LogP contribution < -0.4 is 5.32 Å². The molecule has 0 saturated heterocycles. The lowest BCUT2D eigenvalue weighted by Crippen LogP contribution is -2.42. The minimum absolute atomic E-state index is 0.00844. The van der Waals surface area contributed by atoms with Crippen LogP contribution in [0.15, 0.2) is 66.7 Å². The van der Waals surface area contributed by atoms with E-state index in [1.165, 1.54) is 0 Å². The Balaban J connectivity index is 1.34. The maximum absolute atomic E-state index is 14.2. The first-order chi connectivity index (χ1) is 28.6. The van der Waals surface area contributed by atoms with Crippen molar-refractivity contribution in [1.29, 1.82) is 0 Å². The van der Waals surface area contributed by atoms with Gasteiger partial charge in [0.15, 0.2) is 0 Å². The van der Waals surface area contributed by atoms with Crippen molar-refractivity contribution in [2.45, 2.75) is 77.3 Å². The number of H-pyrrole nitrogens is 1. The topological polar surface area (TPSA) is 260 Å². The van der Waals surface area contributed by atoms with Crippen LogP contribution in [-0.2, 0) is 41.7 Å². The maximum atomic E-state index is 14.2. The summed E-state index contributed by atoms with van der Waals surface area (Å²) in [6.07, 6.45) is 3.56. The van der Waals surface area contributed by atoms with E-state index in [0.717, 1.165) is 40.9 Å². The minimum atomic E-state index is -1.22. The van der Waals surface area contributed by atoms with Gasteiger partial charge in [-0.05, 0) is 72.6 Å². The predicted molar refractivity (Wildman–Crippen MR) is 206 cm³/mol. The average Bonchev–Trinajstić information content (AvgIpc) is 3.90. The van der Waals surface area contributed by atoms with E-state index in [1.54, 1.807) is 12.1 Å². The zero-order valence-electron chi connectivity index (χ0n) is 32.6. The summed E-state index contributed by atoms with van der Waals surface area (Å²) in [4.78, 5) is 54.1. The van der Waals surface area contributed by atoms with E-state index < -0.39 is 34.7 Å². The highest BCUT2D eigenvalue weighted by Crippen LogP contribution is 2.30. The number of amides is 1. The van der Waals surface area contributed by atoms with Gasteiger partial charge in [-0.2, -0.15) is 5.21 Å². The molecule has 59 heavy (non-hydrogen) atoms. The van der Waals surface area contributed by atoms with Crippen LogP contribution in [0.3, 0.4) is 0 Å². The van der Waals surface area contributed by atoms with Gasteiger partial charge in [-0.15, -0.1) is 10.2 Å². The molecule has 0 radical (unpaired) electrons. The van der Waals surface area contributed by atoms with Crippen molar-refractivity contribution in [3.05, 3.63) is 83.7 Å². The van der Waals surface area contributed by atoms with Crippen LogP contribution >= 0.6 is 0 Å². The Morgan fingerprint density at radius 3 is 2.15 bits per heavy atom. The second-order valence-electron chi connectivity index (χ2n) is 13.4. The Morgan fingerprint density at radius 1 is 0.814 bits per heavy atom. The number of para-hydroxylation sites is 1. The Bertz CT molecular complexity index is 2080. The number of hydrogen-bond donors (Lipinski definition) is 6. The summed E-state index contributed by atoms with van der Waals surface area (Å²) in [5, 5.41) is 51.1. The SMILES string of the molecule is CCCCc1nc2cccc(C(=O)NC(CCC(=O)OCCCCON(O)O)C(=O)OCCCCON(O)O)c2n1Cc1ccc(-c2ccccc2-c2nn[nH]n2)cc1. The maximum Gasteiger partial charge on any atom is 0.328 e. The fourth-order valence-electron chi connectivity index (χ4n) is 6.27. The van der Waals surface area contributed by atoms with E-state index in [0.29, 0.717) is 55.5 Å². The van der Waals surface area contributed by atoms with E-state index in [1.807, 2.05) is 59.2 Å². The Labute approximate surface area is 339 Å². The number of ether oxygens (including phenoxy) is 2. The van der Waals surface area contributed by atoms with Gasteiger partial charge in [0.2, 0.25) is 5.82 Å². The number of fused-ring (bicyclic) bond motifs is 1. The van der Waals surface area contributed by atoms with Gasteiger partial charge in [0.05, 0.1) is 53.8 Å². The second-order valence-corrected chi connectivity index (χ2v) is 13.4. The summed E-state index contributed by atoms with van der Waals surface area (Å²) in [7, 11) is 0. The molecule has 1 unspecified atom stereocenters. The number of nitrogens with one attached hydrogen (secondary N) is 2. The summed E-state index contributed by atoms with van der Waals surface area (Å²) >= 11 is 0. The fourth-order valence-corrected chi connectivity index (χ4v) is 6.27. The third-order valence-corrected chi connectivity index (χ3v) is 9.19. The van der Waals surface area contributed by atoms with Crippen LogP contribution in [0.25, 0.3) is 33.5 Å². The van der Waals surface area contributed by atoms with Crippen molar-refractivity contribution in [3.63, 3.8) is 0 Å². The number of nitrogens with zero attached hydrogens (tertiary/aromatic N) is 7. The molecule has 1 atom stereocenters. The lowest BCUT2D eigenvalue weighted by molar-refractivity contribution is -0.492. The Kier molecular flexibility index (Phi) is 17.3. The van der Waals surface area contributed by atoms with Crippen LogP contribution in [-0.4, -0.2) is 112 Å². The van der Waals surface area contributed by atoms with Crippen molar-refractivity contribution in [2.75, 3.05) is 26.4 Å². The summed E-state index contributed by atoms with van der Waals surface area (Å²) in [5.74, 6) is -0.650. The fraction of sp³-hybridized carbons (Fsp3) is 0.410. The summed E-state index contributed by atoms with van der Waals surface area (Å²) in [6.45, 7) is 2.43. The Morgan fingerprint density at radius 2 is 1.49 bits per heavy atom. The molecule has 1 amide bonds. The first-order valence-electron chi connectivity index (χ1n) is 19.3. The lowest BCUT2D eigenvalue weighted by atomic mass is 9.98. The molecule has 2 heterocycles. The number of aromatic nitrogens is 6. The number of rotatable bonds is 25. The molecule has 3 aromatic carbocycles. The summed E-state index contributed by atoms with van der Waals surface area (Å²) < 4.78 is 12.7. The predicted octanol–water partition coefficient (Wildman–Crippen LogP) is 4.82. The number of carbonyl (C=O) groups is 3. The van der Waals surface area contributed by atoms with Gasteiger partial charge in [0.1, 0.15) is 11.9 Å². The highest BCUT2D eigenvalue weighted by Gasteiger charge is 2.27. The Hall–Kier alpha value is -5.71. The van der Waals surface area contributed by atoms with Gasteiger partial charge in [0, 0.05) is 24.9 Å². The average molecular weight is 820 g/mol. The number of benzene rings is 3. The van der Waals surface area contributed by atoms with Gasteiger partial charge in [0.25, 0.3) is 5.91 Å². The largest absolute Gasteiger partial charge is 0.466 e. The van der Waals surface area contributed by atoms with Gasteiger partial charge >= 0.3 is 11.9 Å². The molecule has 20 heteroatoms. The number of hydrogen-bond acceptors (Lipinski definition) is 17. The van der Waals surface area contributed by atoms with E-state index in [-0.39, 0.29) is 44.8 Å². The highest BCUT2D eigenvalue weighted by atomic mass is 17.1. The van der Waals surface area contributed by atoms with Crippen molar-refractivity contribution < 1.29 is 54.4 Å². The van der Waals surface area contributed by atoms with Crippen LogP contribution in [0.1, 0.15) is 80.0 Å². The molecule has 0 bridgehead atoms. The summed E-state index contributed by atoms with van der Waals surface area (Å²) in [6, 6.07) is 19.9. The normalized spacial score (nSPS) is 12.0. The zero-order chi connectivity index (χ0) is 42.0. The number of aryl methyl sites for hydroxylation is 1. The molecule has 0 aliphatic carbocycles. The van der Waals surface area contributed by atoms with Crippen LogP contribution in [0.4, 0.5) is 0 Å². The van der Waals surface area contributed by atoms with Crippen molar-refractivity contribution in [3.8, 4) is 22.5 Å². The lowest BCUT2D eigenvalue weighted by Gasteiger charge is -2.19. The van der Waals surface area contributed by atoms with Gasteiger partial charge in [-0.3, -0.25) is 40.1 Å². The molecular formula is C39H49N9O11. The molecule has 0 aliphatic rings. The van der Waals surface area contributed by atoms with Crippen LogP contribution in [0.2, 0.25) is 0 Å². The van der Waals surface area contributed by atoms with E-state index in [2.05, 4.69) is 42.5 Å². The number of esters is 2.